The van der Waals surface area contributed by atoms with Gasteiger partial charge >= 0.3 is 0 Å². The molecule has 2 heterocycles. The van der Waals surface area contributed by atoms with Gasteiger partial charge in [0, 0.05) is 24.5 Å². The van der Waals surface area contributed by atoms with E-state index < -0.39 is 6.10 Å². The maximum Gasteiger partial charge on any atom is 0.237 e. The van der Waals surface area contributed by atoms with Crippen molar-refractivity contribution < 1.29 is 19.4 Å². The van der Waals surface area contributed by atoms with E-state index in [4.69, 9.17) is 9.47 Å². The molecule has 1 aromatic carbocycles. The van der Waals surface area contributed by atoms with Crippen molar-refractivity contribution in [2.24, 2.45) is 5.92 Å². The maximum absolute atomic E-state index is 13.5. The van der Waals surface area contributed by atoms with Crippen LogP contribution in [0.5, 0.6) is 5.75 Å². The number of amides is 1. The summed E-state index contributed by atoms with van der Waals surface area (Å²) in [5.74, 6) is 1.53. The van der Waals surface area contributed by atoms with Gasteiger partial charge in [-0.15, -0.1) is 17.9 Å². The Balaban J connectivity index is 1.41. The van der Waals surface area contributed by atoms with Crippen molar-refractivity contribution in [1.29, 1.82) is 0 Å². The van der Waals surface area contributed by atoms with Crippen LogP contribution in [0.25, 0.3) is 0 Å². The standard InChI is InChI=1S/C26H34N2O4S/c1-2-13-31-18-21(29)16-27(15-20-8-9-20)17-26(30)28-12-10-25-23(11-14-33-25)24(28)19-32-22-6-4-3-5-7-22/h2-7,11,14,20-21,24,29H,1,8-10,12-13,15-19H2/t21-,24+/m0/s1. The fourth-order valence-corrected chi connectivity index (χ4v) is 5.28. The van der Waals surface area contributed by atoms with Crippen molar-refractivity contribution in [3.63, 3.8) is 0 Å². The third-order valence-electron chi connectivity index (χ3n) is 6.15. The quantitative estimate of drug-likeness (QED) is 0.359. The van der Waals surface area contributed by atoms with E-state index in [1.165, 1.54) is 23.3 Å². The molecule has 2 aromatic rings. The minimum absolute atomic E-state index is 0.0911. The van der Waals surface area contributed by atoms with Crippen molar-refractivity contribution in [1.82, 2.24) is 9.80 Å². The van der Waals surface area contributed by atoms with Crippen LogP contribution < -0.4 is 4.74 Å². The highest BCUT2D eigenvalue weighted by atomic mass is 32.1. The van der Waals surface area contributed by atoms with Crippen LogP contribution in [-0.2, 0) is 16.0 Å². The molecule has 1 aliphatic carbocycles. The molecule has 1 fully saturated rings. The van der Waals surface area contributed by atoms with Crippen molar-refractivity contribution >= 4 is 17.2 Å². The van der Waals surface area contributed by atoms with Gasteiger partial charge < -0.3 is 19.5 Å². The number of nitrogens with zero attached hydrogens (tertiary/aromatic N) is 2. The van der Waals surface area contributed by atoms with Crippen molar-refractivity contribution in [2.75, 3.05) is 46.0 Å². The van der Waals surface area contributed by atoms with E-state index >= 15 is 0 Å². The predicted molar refractivity (Wildman–Crippen MR) is 131 cm³/mol. The van der Waals surface area contributed by atoms with Crippen molar-refractivity contribution in [3.05, 3.63) is 64.9 Å². The van der Waals surface area contributed by atoms with Crippen molar-refractivity contribution in [3.8, 4) is 5.75 Å². The first-order valence-electron chi connectivity index (χ1n) is 11.8. The highest BCUT2D eigenvalue weighted by molar-refractivity contribution is 7.10. The zero-order valence-corrected chi connectivity index (χ0v) is 19.9. The highest BCUT2D eigenvalue weighted by Gasteiger charge is 2.34. The van der Waals surface area contributed by atoms with E-state index in [2.05, 4.69) is 22.9 Å². The van der Waals surface area contributed by atoms with E-state index in [0.29, 0.717) is 38.8 Å². The van der Waals surface area contributed by atoms with E-state index in [1.54, 1.807) is 17.4 Å². The normalized spacial score (nSPS) is 18.7. The molecule has 0 bridgehead atoms. The van der Waals surface area contributed by atoms with E-state index in [1.807, 2.05) is 35.2 Å². The molecule has 4 rings (SSSR count). The van der Waals surface area contributed by atoms with Crippen LogP contribution in [0.2, 0.25) is 0 Å². The molecule has 2 aliphatic rings. The minimum Gasteiger partial charge on any atom is -0.491 e. The summed E-state index contributed by atoms with van der Waals surface area (Å²) in [6, 6.07) is 11.8. The third-order valence-corrected chi connectivity index (χ3v) is 7.15. The molecule has 7 heteroatoms. The second-order valence-corrected chi connectivity index (χ2v) is 9.89. The fraction of sp³-hybridized carbons (Fsp3) is 0.500. The molecule has 6 nitrogen and oxygen atoms in total. The van der Waals surface area contributed by atoms with Crippen LogP contribution in [0.15, 0.2) is 54.4 Å². The fourth-order valence-electron chi connectivity index (χ4n) is 4.36. The number of fused-ring (bicyclic) bond motifs is 1. The first kappa shape index (κ1) is 24.0. The zero-order valence-electron chi connectivity index (χ0n) is 19.1. The summed E-state index contributed by atoms with van der Waals surface area (Å²) in [5.41, 5.74) is 1.20. The molecule has 0 radical (unpaired) electrons. The molecule has 0 saturated heterocycles. The highest BCUT2D eigenvalue weighted by Crippen LogP contribution is 2.34. The lowest BCUT2D eigenvalue weighted by atomic mass is 10.0. The topological polar surface area (TPSA) is 62.2 Å². The van der Waals surface area contributed by atoms with Crippen LogP contribution in [0, 0.1) is 5.92 Å². The van der Waals surface area contributed by atoms with Gasteiger partial charge in [0.2, 0.25) is 5.91 Å². The Bertz CT molecular complexity index is 899. The lowest BCUT2D eigenvalue weighted by Crippen LogP contribution is -2.48. The molecule has 0 unspecified atom stereocenters. The number of aliphatic hydroxyl groups is 1. The molecule has 1 aromatic heterocycles. The van der Waals surface area contributed by atoms with E-state index in [0.717, 1.165) is 18.7 Å². The van der Waals surface area contributed by atoms with Gasteiger partial charge in [-0.05, 0) is 54.3 Å². The number of rotatable bonds is 13. The van der Waals surface area contributed by atoms with Gasteiger partial charge in [0.1, 0.15) is 12.4 Å². The average molecular weight is 471 g/mol. The van der Waals surface area contributed by atoms with Gasteiger partial charge in [-0.25, -0.2) is 0 Å². The smallest absolute Gasteiger partial charge is 0.237 e. The number of benzene rings is 1. The summed E-state index contributed by atoms with van der Waals surface area (Å²) >= 11 is 1.76. The molecular weight excluding hydrogens is 436 g/mol. The molecule has 0 spiro atoms. The number of ether oxygens (including phenoxy) is 2. The van der Waals surface area contributed by atoms with E-state index in [-0.39, 0.29) is 18.6 Å². The number of para-hydroxylation sites is 1. The molecule has 33 heavy (non-hydrogen) atoms. The van der Waals surface area contributed by atoms with Gasteiger partial charge in [0.05, 0.1) is 31.9 Å². The largest absolute Gasteiger partial charge is 0.491 e. The zero-order chi connectivity index (χ0) is 23.0. The first-order valence-corrected chi connectivity index (χ1v) is 12.6. The Kier molecular flexibility index (Phi) is 8.56. The number of carbonyl (C=O) groups excluding carboxylic acids is 1. The SMILES string of the molecule is C=CCOC[C@@H](O)CN(CC(=O)N1CCc2sccc2[C@H]1COc1ccccc1)CC1CC1. The van der Waals surface area contributed by atoms with Gasteiger partial charge in [-0.3, -0.25) is 9.69 Å². The number of thiophene rings is 1. The third kappa shape index (κ3) is 6.90. The Morgan fingerprint density at radius 3 is 2.88 bits per heavy atom. The number of aliphatic hydroxyl groups excluding tert-OH is 1. The van der Waals surface area contributed by atoms with Gasteiger partial charge in [-0.2, -0.15) is 0 Å². The van der Waals surface area contributed by atoms with Crippen LogP contribution in [0.3, 0.4) is 0 Å². The number of hydrogen-bond acceptors (Lipinski definition) is 6. The summed E-state index contributed by atoms with van der Waals surface area (Å²) in [6.07, 6.45) is 4.32. The Hall–Kier alpha value is -2.19. The molecule has 1 amide bonds. The molecule has 1 N–H and O–H groups in total. The summed E-state index contributed by atoms with van der Waals surface area (Å²) in [6.45, 7) is 6.99. The summed E-state index contributed by atoms with van der Waals surface area (Å²) < 4.78 is 11.5. The number of carbonyl (C=O) groups is 1. The minimum atomic E-state index is -0.626. The van der Waals surface area contributed by atoms with Crippen LogP contribution in [-0.4, -0.2) is 72.9 Å². The Labute approximate surface area is 200 Å². The van der Waals surface area contributed by atoms with Crippen LogP contribution in [0.4, 0.5) is 0 Å². The number of hydrogen-bond donors (Lipinski definition) is 1. The molecule has 178 valence electrons. The molecule has 2 atom stereocenters. The van der Waals surface area contributed by atoms with Crippen LogP contribution >= 0.6 is 11.3 Å². The summed E-state index contributed by atoms with van der Waals surface area (Å²) in [5, 5.41) is 12.5. The first-order chi connectivity index (χ1) is 16.1. The van der Waals surface area contributed by atoms with Gasteiger partial charge in [0.25, 0.3) is 0 Å². The van der Waals surface area contributed by atoms with Crippen LogP contribution in [0.1, 0.15) is 29.3 Å². The maximum atomic E-state index is 13.5. The Morgan fingerprint density at radius 1 is 1.30 bits per heavy atom. The van der Waals surface area contributed by atoms with Gasteiger partial charge in [-0.1, -0.05) is 24.3 Å². The lowest BCUT2D eigenvalue weighted by Gasteiger charge is -2.37. The average Bonchev–Trinajstić information content (AvgIpc) is 3.50. The Morgan fingerprint density at radius 2 is 2.12 bits per heavy atom. The van der Waals surface area contributed by atoms with Gasteiger partial charge in [0.15, 0.2) is 0 Å². The molecule has 1 saturated carbocycles. The summed E-state index contributed by atoms with van der Waals surface area (Å²) in [7, 11) is 0. The predicted octanol–water partition coefficient (Wildman–Crippen LogP) is 3.53. The second kappa shape index (κ2) is 11.8. The second-order valence-electron chi connectivity index (χ2n) is 8.89. The monoisotopic (exact) mass is 470 g/mol. The molecule has 1 aliphatic heterocycles. The lowest BCUT2D eigenvalue weighted by molar-refractivity contribution is -0.136. The molecular formula is C26H34N2O4S. The summed E-state index contributed by atoms with van der Waals surface area (Å²) in [4.78, 5) is 18.9. The van der Waals surface area contributed by atoms with E-state index in [9.17, 15) is 9.90 Å². The van der Waals surface area contributed by atoms with Crippen molar-refractivity contribution in [2.45, 2.75) is 31.4 Å².